The van der Waals surface area contributed by atoms with E-state index in [9.17, 15) is 31.1 Å². The Kier molecular flexibility index (Phi) is 5.02. The van der Waals surface area contributed by atoms with Crippen molar-refractivity contribution in [3.63, 3.8) is 0 Å². The second-order valence-electron chi connectivity index (χ2n) is 6.66. The number of hydrogen-bond acceptors (Lipinski definition) is 2. The Morgan fingerprint density at radius 2 is 1.46 bits per heavy atom. The number of alkyl halides is 6. The van der Waals surface area contributed by atoms with E-state index >= 15 is 0 Å². The largest absolute Gasteiger partial charge is 0.471 e. The Hall–Kier alpha value is -1.77. The van der Waals surface area contributed by atoms with E-state index in [-0.39, 0.29) is 5.56 Å². The van der Waals surface area contributed by atoms with E-state index in [0.717, 1.165) is 12.1 Å². The fraction of sp³-hybridized carbons (Fsp3) is 0.533. The molecule has 136 valence electrons. The summed E-state index contributed by atoms with van der Waals surface area (Å²) >= 11 is 0. The molecule has 1 amide bonds. The first-order valence-electron chi connectivity index (χ1n) is 6.86. The highest BCUT2D eigenvalue weighted by molar-refractivity contribution is 5.95. The molecule has 1 rings (SSSR count). The first-order valence-corrected chi connectivity index (χ1v) is 6.86. The Labute approximate surface area is 135 Å². The highest BCUT2D eigenvalue weighted by atomic mass is 19.4. The monoisotopic (exact) mass is 356 g/mol. The summed E-state index contributed by atoms with van der Waals surface area (Å²) in [5.41, 5.74) is 1.82. The van der Waals surface area contributed by atoms with E-state index in [2.05, 4.69) is 0 Å². The van der Waals surface area contributed by atoms with Crippen LogP contribution < -0.4 is 11.1 Å². The first kappa shape index (κ1) is 20.3. The molecule has 0 saturated heterocycles. The van der Waals surface area contributed by atoms with Gasteiger partial charge in [0.15, 0.2) is 0 Å². The molecule has 0 radical (unpaired) electrons. The van der Waals surface area contributed by atoms with Crippen molar-refractivity contribution < 1.29 is 31.1 Å². The van der Waals surface area contributed by atoms with Gasteiger partial charge in [-0.25, -0.2) is 0 Å². The summed E-state index contributed by atoms with van der Waals surface area (Å²) in [4.78, 5) is 10.9. The summed E-state index contributed by atoms with van der Waals surface area (Å²) in [6.07, 6.45) is -10.1. The second-order valence-corrected chi connectivity index (χ2v) is 6.66. The zero-order valence-electron chi connectivity index (χ0n) is 13.5. The van der Waals surface area contributed by atoms with Gasteiger partial charge in [0, 0.05) is 11.2 Å². The zero-order valence-corrected chi connectivity index (χ0v) is 13.5. The van der Waals surface area contributed by atoms with Crippen molar-refractivity contribution in [3.8, 4) is 0 Å². The number of anilines is 1. The molecule has 0 fully saturated rings. The SMILES string of the molecule is CC(C)(C)C(C)(N)c1ccc(NC(=O)C(F)(F)F)cc1C(F)(F)F. The summed E-state index contributed by atoms with van der Waals surface area (Å²) in [6, 6.07) is 2.40. The Bertz CT molecular complexity index is 626. The molecule has 0 aliphatic heterocycles. The van der Waals surface area contributed by atoms with Crippen LogP contribution >= 0.6 is 0 Å². The number of nitrogens with one attached hydrogen (secondary N) is 1. The summed E-state index contributed by atoms with van der Waals surface area (Å²) in [6.45, 7) is 6.34. The smallest absolute Gasteiger partial charge is 0.321 e. The topological polar surface area (TPSA) is 55.1 Å². The highest BCUT2D eigenvalue weighted by Gasteiger charge is 2.44. The summed E-state index contributed by atoms with van der Waals surface area (Å²) in [5, 5.41) is 1.41. The predicted molar refractivity (Wildman–Crippen MR) is 77.1 cm³/mol. The predicted octanol–water partition coefficient (Wildman–Crippen LogP) is 4.43. The van der Waals surface area contributed by atoms with Gasteiger partial charge in [0.1, 0.15) is 0 Å². The highest BCUT2D eigenvalue weighted by Crippen LogP contribution is 2.44. The maximum Gasteiger partial charge on any atom is 0.471 e. The fourth-order valence-corrected chi connectivity index (χ4v) is 1.92. The summed E-state index contributed by atoms with van der Waals surface area (Å²) in [7, 11) is 0. The van der Waals surface area contributed by atoms with Crippen LogP contribution in [0.25, 0.3) is 0 Å². The van der Waals surface area contributed by atoms with Gasteiger partial charge < -0.3 is 11.1 Å². The lowest BCUT2D eigenvalue weighted by Gasteiger charge is -2.40. The minimum Gasteiger partial charge on any atom is -0.321 e. The number of rotatable bonds is 2. The molecule has 0 bridgehead atoms. The molecule has 0 aromatic heterocycles. The van der Waals surface area contributed by atoms with Gasteiger partial charge in [0.2, 0.25) is 0 Å². The van der Waals surface area contributed by atoms with Crippen LogP contribution in [-0.2, 0) is 16.5 Å². The van der Waals surface area contributed by atoms with Crippen molar-refractivity contribution in [2.45, 2.75) is 45.6 Å². The number of amides is 1. The molecule has 0 spiro atoms. The molecule has 1 unspecified atom stereocenters. The molecule has 0 aliphatic rings. The van der Waals surface area contributed by atoms with Gasteiger partial charge in [0.25, 0.3) is 0 Å². The molecular weight excluding hydrogens is 338 g/mol. The van der Waals surface area contributed by atoms with Gasteiger partial charge >= 0.3 is 18.3 Å². The lowest BCUT2D eigenvalue weighted by molar-refractivity contribution is -0.167. The molecule has 1 aromatic rings. The third-order valence-corrected chi connectivity index (χ3v) is 3.96. The van der Waals surface area contributed by atoms with Crippen molar-refractivity contribution in [2.24, 2.45) is 11.1 Å². The van der Waals surface area contributed by atoms with Crippen molar-refractivity contribution in [1.29, 1.82) is 0 Å². The molecular formula is C15H18F6N2O. The van der Waals surface area contributed by atoms with E-state index in [1.54, 1.807) is 20.8 Å². The van der Waals surface area contributed by atoms with Crippen LogP contribution in [-0.4, -0.2) is 12.1 Å². The standard InChI is InChI=1S/C15H18F6N2O/c1-12(2,3)13(4,22)9-6-5-8(7-10(9)14(16,17)18)23-11(24)15(19,20)21/h5-7H,22H2,1-4H3,(H,23,24). The lowest BCUT2D eigenvalue weighted by atomic mass is 9.70. The van der Waals surface area contributed by atoms with Gasteiger partial charge in [-0.15, -0.1) is 0 Å². The van der Waals surface area contributed by atoms with E-state index < -0.39 is 40.5 Å². The number of carbonyl (C=O) groups is 1. The molecule has 1 atom stereocenters. The molecule has 0 aliphatic carbocycles. The van der Waals surface area contributed by atoms with Gasteiger partial charge in [-0.2, -0.15) is 26.3 Å². The third-order valence-electron chi connectivity index (χ3n) is 3.96. The second kappa shape index (κ2) is 5.94. The molecule has 0 heterocycles. The number of hydrogen-bond donors (Lipinski definition) is 2. The van der Waals surface area contributed by atoms with Crippen molar-refractivity contribution in [1.82, 2.24) is 0 Å². The Morgan fingerprint density at radius 1 is 0.958 bits per heavy atom. The quantitative estimate of drug-likeness (QED) is 0.771. The van der Waals surface area contributed by atoms with Crippen molar-refractivity contribution in [2.75, 3.05) is 5.32 Å². The van der Waals surface area contributed by atoms with Crippen LogP contribution in [0.3, 0.4) is 0 Å². The van der Waals surface area contributed by atoms with E-state index in [1.165, 1.54) is 12.2 Å². The van der Waals surface area contributed by atoms with Gasteiger partial charge in [-0.3, -0.25) is 4.79 Å². The molecule has 24 heavy (non-hydrogen) atoms. The first-order chi connectivity index (χ1) is 10.5. The van der Waals surface area contributed by atoms with Crippen LogP contribution in [0.1, 0.15) is 38.8 Å². The molecule has 0 saturated carbocycles. The number of carbonyl (C=O) groups excluding carboxylic acids is 1. The average molecular weight is 356 g/mol. The summed E-state index contributed by atoms with van der Waals surface area (Å²) in [5.74, 6) is -2.35. The molecule has 3 N–H and O–H groups in total. The van der Waals surface area contributed by atoms with Gasteiger partial charge in [-0.05, 0) is 30.0 Å². The number of benzene rings is 1. The Balaban J connectivity index is 3.44. The number of halogens is 6. The van der Waals surface area contributed by atoms with E-state index in [1.807, 2.05) is 0 Å². The van der Waals surface area contributed by atoms with Crippen LogP contribution in [0.15, 0.2) is 18.2 Å². The maximum atomic E-state index is 13.3. The summed E-state index contributed by atoms with van der Waals surface area (Å²) < 4.78 is 76.7. The lowest BCUT2D eigenvalue weighted by Crippen LogP contribution is -2.46. The van der Waals surface area contributed by atoms with Gasteiger partial charge in [-0.1, -0.05) is 26.8 Å². The van der Waals surface area contributed by atoms with Crippen LogP contribution in [0.4, 0.5) is 32.0 Å². The minimum absolute atomic E-state index is 0.271. The van der Waals surface area contributed by atoms with E-state index in [4.69, 9.17) is 5.73 Å². The number of nitrogens with two attached hydrogens (primary N) is 1. The average Bonchev–Trinajstić information content (AvgIpc) is 2.34. The maximum absolute atomic E-state index is 13.3. The van der Waals surface area contributed by atoms with Crippen molar-refractivity contribution >= 4 is 11.6 Å². The van der Waals surface area contributed by atoms with Crippen molar-refractivity contribution in [3.05, 3.63) is 29.3 Å². The van der Waals surface area contributed by atoms with Crippen LogP contribution in [0.2, 0.25) is 0 Å². The normalized spacial score (nSPS) is 15.8. The molecule has 1 aromatic carbocycles. The van der Waals surface area contributed by atoms with Crippen LogP contribution in [0, 0.1) is 5.41 Å². The minimum atomic E-state index is -5.20. The van der Waals surface area contributed by atoms with E-state index in [0.29, 0.717) is 6.07 Å². The molecule has 9 heteroatoms. The van der Waals surface area contributed by atoms with Crippen LogP contribution in [0.5, 0.6) is 0 Å². The molecule has 3 nitrogen and oxygen atoms in total. The third kappa shape index (κ3) is 4.19. The fourth-order valence-electron chi connectivity index (χ4n) is 1.92. The zero-order chi connectivity index (χ0) is 19.1. The Morgan fingerprint density at radius 3 is 1.83 bits per heavy atom. The van der Waals surface area contributed by atoms with Gasteiger partial charge in [0.05, 0.1) is 5.56 Å².